The molecule has 0 spiro atoms. The van der Waals surface area contributed by atoms with Crippen LogP contribution in [0.15, 0.2) is 12.1 Å². The zero-order valence-corrected chi connectivity index (χ0v) is 10.0. The number of benzene rings is 1. The van der Waals surface area contributed by atoms with Gasteiger partial charge in [-0.05, 0) is 37.1 Å². The van der Waals surface area contributed by atoms with Crippen LogP contribution in [-0.2, 0) is 0 Å². The fourth-order valence-electron chi connectivity index (χ4n) is 1.75. The fourth-order valence-corrected chi connectivity index (χ4v) is 1.75. The Morgan fingerprint density at radius 1 is 0.786 bits per heavy atom. The zero-order valence-electron chi connectivity index (χ0n) is 10.0. The highest BCUT2D eigenvalue weighted by molar-refractivity contribution is 5.67. The van der Waals surface area contributed by atoms with E-state index in [0.29, 0.717) is 0 Å². The van der Waals surface area contributed by atoms with Crippen molar-refractivity contribution in [2.75, 3.05) is 38.0 Å². The monoisotopic (exact) mass is 192 g/mol. The maximum atomic E-state index is 2.22. The van der Waals surface area contributed by atoms with Gasteiger partial charge < -0.3 is 9.80 Å². The third kappa shape index (κ3) is 2.00. The molecule has 2 heteroatoms. The number of anilines is 2. The average Bonchev–Trinajstić information content (AvgIpc) is 2.07. The molecular formula is C12H20N2. The topological polar surface area (TPSA) is 6.48 Å². The van der Waals surface area contributed by atoms with E-state index in [9.17, 15) is 0 Å². The first-order chi connectivity index (χ1) is 6.43. The Morgan fingerprint density at radius 3 is 1.43 bits per heavy atom. The predicted molar refractivity (Wildman–Crippen MR) is 64.6 cm³/mol. The van der Waals surface area contributed by atoms with E-state index >= 15 is 0 Å². The van der Waals surface area contributed by atoms with Crippen molar-refractivity contribution in [1.29, 1.82) is 0 Å². The largest absolute Gasteiger partial charge is 0.377 e. The SMILES string of the molecule is Cc1cc(N(C)C)c(C)c(N(C)C)c1. The molecule has 0 saturated heterocycles. The second kappa shape index (κ2) is 3.91. The molecule has 2 nitrogen and oxygen atoms in total. The van der Waals surface area contributed by atoms with Crippen LogP contribution in [0.5, 0.6) is 0 Å². The molecular weight excluding hydrogens is 172 g/mol. The average molecular weight is 192 g/mol. The number of nitrogens with zero attached hydrogens (tertiary/aromatic N) is 2. The summed E-state index contributed by atoms with van der Waals surface area (Å²) in [5.74, 6) is 0. The van der Waals surface area contributed by atoms with Gasteiger partial charge in [-0.15, -0.1) is 0 Å². The molecule has 1 aromatic carbocycles. The van der Waals surface area contributed by atoms with Gasteiger partial charge in [-0.1, -0.05) is 0 Å². The van der Waals surface area contributed by atoms with Gasteiger partial charge >= 0.3 is 0 Å². The van der Waals surface area contributed by atoms with Crippen LogP contribution in [-0.4, -0.2) is 28.2 Å². The third-order valence-electron chi connectivity index (χ3n) is 2.46. The summed E-state index contributed by atoms with van der Waals surface area (Å²) in [6, 6.07) is 4.45. The fraction of sp³-hybridized carbons (Fsp3) is 0.500. The van der Waals surface area contributed by atoms with Crippen molar-refractivity contribution in [3.8, 4) is 0 Å². The number of hydrogen-bond donors (Lipinski definition) is 0. The molecule has 0 heterocycles. The molecule has 0 bridgehead atoms. The van der Waals surface area contributed by atoms with Crippen LogP contribution in [0.1, 0.15) is 11.1 Å². The van der Waals surface area contributed by atoms with Crippen molar-refractivity contribution in [2.45, 2.75) is 13.8 Å². The summed E-state index contributed by atoms with van der Waals surface area (Å²) < 4.78 is 0. The summed E-state index contributed by atoms with van der Waals surface area (Å²) in [5.41, 5.74) is 5.25. The van der Waals surface area contributed by atoms with Crippen molar-refractivity contribution in [2.24, 2.45) is 0 Å². The Bertz CT molecular complexity index is 298. The van der Waals surface area contributed by atoms with Gasteiger partial charge in [-0.3, -0.25) is 0 Å². The lowest BCUT2D eigenvalue weighted by molar-refractivity contribution is 1.07. The minimum atomic E-state index is 1.30. The molecule has 0 fully saturated rings. The number of rotatable bonds is 2. The summed E-state index contributed by atoms with van der Waals surface area (Å²) in [7, 11) is 8.34. The van der Waals surface area contributed by atoms with Crippen LogP contribution in [0.3, 0.4) is 0 Å². The molecule has 0 N–H and O–H groups in total. The van der Waals surface area contributed by atoms with Gasteiger partial charge in [0, 0.05) is 39.6 Å². The van der Waals surface area contributed by atoms with E-state index in [1.165, 1.54) is 22.5 Å². The van der Waals surface area contributed by atoms with Gasteiger partial charge in [0.15, 0.2) is 0 Å². The third-order valence-corrected chi connectivity index (χ3v) is 2.46. The van der Waals surface area contributed by atoms with E-state index in [0.717, 1.165) is 0 Å². The van der Waals surface area contributed by atoms with Crippen LogP contribution in [0, 0.1) is 13.8 Å². The van der Waals surface area contributed by atoms with Crippen LogP contribution >= 0.6 is 0 Å². The van der Waals surface area contributed by atoms with Crippen LogP contribution in [0.2, 0.25) is 0 Å². The van der Waals surface area contributed by atoms with Crippen molar-refractivity contribution in [3.63, 3.8) is 0 Å². The maximum Gasteiger partial charge on any atom is 0.0414 e. The second-order valence-corrected chi connectivity index (χ2v) is 4.22. The lowest BCUT2D eigenvalue weighted by atomic mass is 10.1. The Kier molecular flexibility index (Phi) is 3.04. The summed E-state index contributed by atoms with van der Waals surface area (Å²) in [6.45, 7) is 4.31. The quantitative estimate of drug-likeness (QED) is 0.710. The molecule has 0 aliphatic rings. The van der Waals surface area contributed by atoms with Crippen LogP contribution in [0.25, 0.3) is 0 Å². The minimum Gasteiger partial charge on any atom is -0.377 e. The summed E-state index contributed by atoms with van der Waals surface area (Å²) >= 11 is 0. The normalized spacial score (nSPS) is 10.1. The summed E-state index contributed by atoms with van der Waals surface area (Å²) in [4.78, 5) is 4.32. The highest BCUT2D eigenvalue weighted by Gasteiger charge is 2.08. The van der Waals surface area contributed by atoms with E-state index in [-0.39, 0.29) is 0 Å². The molecule has 0 unspecified atom stereocenters. The lowest BCUT2D eigenvalue weighted by Gasteiger charge is -2.23. The molecule has 0 aliphatic heterocycles. The van der Waals surface area contributed by atoms with Crippen molar-refractivity contribution in [1.82, 2.24) is 0 Å². The van der Waals surface area contributed by atoms with Gasteiger partial charge in [-0.25, -0.2) is 0 Å². The molecule has 14 heavy (non-hydrogen) atoms. The number of aryl methyl sites for hydroxylation is 1. The van der Waals surface area contributed by atoms with E-state index in [4.69, 9.17) is 0 Å². The Labute approximate surface area is 87.1 Å². The Morgan fingerprint density at radius 2 is 1.14 bits per heavy atom. The first-order valence-electron chi connectivity index (χ1n) is 4.89. The van der Waals surface area contributed by atoms with E-state index in [1.54, 1.807) is 0 Å². The minimum absolute atomic E-state index is 1.30. The second-order valence-electron chi connectivity index (χ2n) is 4.22. The zero-order chi connectivity index (χ0) is 10.9. The van der Waals surface area contributed by atoms with Crippen molar-refractivity contribution < 1.29 is 0 Å². The molecule has 0 amide bonds. The molecule has 1 aromatic rings. The Balaban J connectivity index is 3.32. The van der Waals surface area contributed by atoms with Crippen LogP contribution in [0.4, 0.5) is 11.4 Å². The van der Waals surface area contributed by atoms with Gasteiger partial charge in [0.1, 0.15) is 0 Å². The highest BCUT2D eigenvalue weighted by Crippen LogP contribution is 2.28. The van der Waals surface area contributed by atoms with Gasteiger partial charge in [0.25, 0.3) is 0 Å². The summed E-state index contributed by atoms with van der Waals surface area (Å²) in [5, 5.41) is 0. The summed E-state index contributed by atoms with van der Waals surface area (Å²) in [6.07, 6.45) is 0. The van der Waals surface area contributed by atoms with Gasteiger partial charge in [0.05, 0.1) is 0 Å². The first kappa shape index (κ1) is 10.9. The van der Waals surface area contributed by atoms with E-state index in [2.05, 4.69) is 64.0 Å². The molecule has 0 aliphatic carbocycles. The van der Waals surface area contributed by atoms with Gasteiger partial charge in [-0.2, -0.15) is 0 Å². The molecule has 0 atom stereocenters. The van der Waals surface area contributed by atoms with Gasteiger partial charge in [0.2, 0.25) is 0 Å². The molecule has 0 aromatic heterocycles. The molecule has 0 saturated carbocycles. The molecule has 0 radical (unpaired) electrons. The molecule has 78 valence electrons. The van der Waals surface area contributed by atoms with Crippen molar-refractivity contribution in [3.05, 3.63) is 23.3 Å². The first-order valence-corrected chi connectivity index (χ1v) is 4.89. The number of hydrogen-bond acceptors (Lipinski definition) is 2. The van der Waals surface area contributed by atoms with E-state index in [1.807, 2.05) is 0 Å². The lowest BCUT2D eigenvalue weighted by Crippen LogP contribution is -2.15. The highest BCUT2D eigenvalue weighted by atomic mass is 15.1. The standard InChI is InChI=1S/C12H20N2/c1-9-7-11(13(3)4)10(2)12(8-9)14(5)6/h7-8H,1-6H3. The Hall–Kier alpha value is -1.18. The molecule has 1 rings (SSSR count). The predicted octanol–water partition coefficient (Wildman–Crippen LogP) is 2.44. The maximum absolute atomic E-state index is 2.22. The van der Waals surface area contributed by atoms with E-state index < -0.39 is 0 Å². The van der Waals surface area contributed by atoms with Crippen LogP contribution < -0.4 is 9.80 Å². The smallest absolute Gasteiger partial charge is 0.0414 e. The van der Waals surface area contributed by atoms with Crippen molar-refractivity contribution >= 4 is 11.4 Å².